The molecule has 0 atom stereocenters. The van der Waals surface area contributed by atoms with E-state index >= 15 is 0 Å². The lowest BCUT2D eigenvalue weighted by molar-refractivity contribution is 0.353. The van der Waals surface area contributed by atoms with E-state index in [1.807, 2.05) is 0 Å². The molecule has 11 rings (SSSR count). The summed E-state index contributed by atoms with van der Waals surface area (Å²) < 4.78 is 0. The van der Waals surface area contributed by atoms with Crippen molar-refractivity contribution in [3.63, 3.8) is 0 Å². The zero-order valence-electron chi connectivity index (χ0n) is 32.2. The molecule has 1 fully saturated rings. The van der Waals surface area contributed by atoms with Gasteiger partial charge in [-0.05, 0) is 133 Å². The quantitative estimate of drug-likeness (QED) is 0.171. The van der Waals surface area contributed by atoms with Crippen LogP contribution in [0.5, 0.6) is 0 Å². The number of fused-ring (bicyclic) bond motifs is 9. The molecule has 8 aromatic carbocycles. The van der Waals surface area contributed by atoms with Crippen molar-refractivity contribution in [2.75, 3.05) is 4.90 Å². The molecule has 0 saturated heterocycles. The number of rotatable bonds is 5. The van der Waals surface area contributed by atoms with Crippen LogP contribution in [0.1, 0.15) is 68.2 Å². The Morgan fingerprint density at radius 3 is 1.68 bits per heavy atom. The molecule has 0 heterocycles. The van der Waals surface area contributed by atoms with E-state index < -0.39 is 0 Å². The maximum Gasteiger partial charge on any atom is 0.0465 e. The summed E-state index contributed by atoms with van der Waals surface area (Å²) in [6.07, 6.45) is 6.33. The van der Waals surface area contributed by atoms with Crippen molar-refractivity contribution in [2.24, 2.45) is 0 Å². The number of hydrogen-bond donors (Lipinski definition) is 0. The molecule has 1 saturated carbocycles. The van der Waals surface area contributed by atoms with Gasteiger partial charge in [-0.25, -0.2) is 0 Å². The number of hydrogen-bond acceptors (Lipinski definition) is 1. The first-order chi connectivity index (χ1) is 27.5. The Bertz CT molecular complexity index is 2800. The van der Waals surface area contributed by atoms with Gasteiger partial charge in [0.25, 0.3) is 0 Å². The zero-order valence-corrected chi connectivity index (χ0v) is 32.2. The zero-order chi connectivity index (χ0) is 37.4. The molecule has 1 nitrogen and oxygen atoms in total. The average molecular weight is 720 g/mol. The lowest BCUT2D eigenvalue weighted by atomic mass is 9.68. The Morgan fingerprint density at radius 2 is 0.929 bits per heavy atom. The molecular weight excluding hydrogens is 675 g/mol. The Labute approximate surface area is 330 Å². The van der Waals surface area contributed by atoms with Crippen molar-refractivity contribution in [1.29, 1.82) is 0 Å². The third-order valence-electron chi connectivity index (χ3n) is 13.4. The van der Waals surface area contributed by atoms with Crippen molar-refractivity contribution < 1.29 is 0 Å². The highest BCUT2D eigenvalue weighted by Crippen LogP contribution is 2.57. The first-order valence-corrected chi connectivity index (χ1v) is 20.5. The molecule has 0 aliphatic heterocycles. The summed E-state index contributed by atoms with van der Waals surface area (Å²) in [6, 6.07) is 66.2. The SMILES string of the molecule is CC1(C)c2ccccc2-c2cccc(-c3ccc(N(c4ccc(-c5ccc6ccccc6c5)cc4)c4ccc5c(c4)C4(CCCCC4)c4ccccc4-5)cc3)c21. The van der Waals surface area contributed by atoms with Crippen molar-refractivity contribution in [2.45, 2.75) is 56.8 Å². The van der Waals surface area contributed by atoms with Crippen LogP contribution in [0.2, 0.25) is 0 Å². The highest BCUT2D eigenvalue weighted by atomic mass is 15.1. The summed E-state index contributed by atoms with van der Waals surface area (Å²) in [5.41, 5.74) is 20.0. The highest BCUT2D eigenvalue weighted by Gasteiger charge is 2.44. The molecule has 0 bridgehead atoms. The van der Waals surface area contributed by atoms with Gasteiger partial charge in [0.2, 0.25) is 0 Å². The summed E-state index contributed by atoms with van der Waals surface area (Å²) in [7, 11) is 0. The van der Waals surface area contributed by atoms with Gasteiger partial charge in [0.15, 0.2) is 0 Å². The second kappa shape index (κ2) is 12.7. The Hall–Kier alpha value is -6.18. The standard InChI is InChI=1S/C55H45N/c1-54(2)50-19-8-6-16-47(50)49-18-12-17-45(53(49)54)39-25-29-43(30-26-39)56(42-27-23-38(24-28-42)41-22-21-37-13-4-5-14-40(37)35-41)44-31-32-48-46-15-7-9-20-51(46)55(52(48)36-44)33-10-3-11-34-55/h4-9,12-32,35-36H,3,10-11,33-34H2,1-2H3. The predicted molar refractivity (Wildman–Crippen MR) is 236 cm³/mol. The largest absolute Gasteiger partial charge is 0.310 e. The molecule has 0 amide bonds. The number of nitrogens with zero attached hydrogens (tertiary/aromatic N) is 1. The van der Waals surface area contributed by atoms with Crippen LogP contribution in [-0.2, 0) is 10.8 Å². The minimum atomic E-state index is -0.0723. The van der Waals surface area contributed by atoms with Crippen LogP contribution in [0.25, 0.3) is 55.3 Å². The molecule has 3 aliphatic rings. The van der Waals surface area contributed by atoms with E-state index in [9.17, 15) is 0 Å². The van der Waals surface area contributed by atoms with Crippen LogP contribution in [0.15, 0.2) is 176 Å². The second-order valence-electron chi connectivity index (χ2n) is 16.8. The first kappa shape index (κ1) is 33.2. The minimum Gasteiger partial charge on any atom is -0.310 e. The lowest BCUT2D eigenvalue weighted by Crippen LogP contribution is -2.28. The molecule has 56 heavy (non-hydrogen) atoms. The smallest absolute Gasteiger partial charge is 0.0465 e. The third-order valence-corrected chi connectivity index (χ3v) is 13.4. The monoisotopic (exact) mass is 719 g/mol. The maximum absolute atomic E-state index is 2.54. The van der Waals surface area contributed by atoms with Gasteiger partial charge in [0.1, 0.15) is 0 Å². The van der Waals surface area contributed by atoms with E-state index in [-0.39, 0.29) is 10.8 Å². The molecule has 8 aromatic rings. The third kappa shape index (κ3) is 5.00. The van der Waals surface area contributed by atoms with Crippen LogP contribution >= 0.6 is 0 Å². The van der Waals surface area contributed by atoms with E-state index in [1.54, 1.807) is 0 Å². The van der Waals surface area contributed by atoms with Crippen LogP contribution in [0.3, 0.4) is 0 Å². The van der Waals surface area contributed by atoms with Crippen LogP contribution in [0.4, 0.5) is 17.1 Å². The average Bonchev–Trinajstić information content (AvgIpc) is 3.65. The Kier molecular flexibility index (Phi) is 7.52. The Balaban J connectivity index is 1.03. The van der Waals surface area contributed by atoms with Crippen LogP contribution in [-0.4, -0.2) is 0 Å². The van der Waals surface area contributed by atoms with Gasteiger partial charge >= 0.3 is 0 Å². The van der Waals surface area contributed by atoms with Gasteiger partial charge < -0.3 is 4.90 Å². The van der Waals surface area contributed by atoms with Gasteiger partial charge in [0, 0.05) is 27.9 Å². The van der Waals surface area contributed by atoms with E-state index in [4.69, 9.17) is 0 Å². The molecule has 0 N–H and O–H groups in total. The fourth-order valence-corrected chi connectivity index (χ4v) is 10.8. The van der Waals surface area contributed by atoms with Crippen LogP contribution in [0, 0.1) is 0 Å². The molecule has 0 unspecified atom stereocenters. The fraction of sp³-hybridized carbons (Fsp3) is 0.164. The topological polar surface area (TPSA) is 3.24 Å². The predicted octanol–water partition coefficient (Wildman–Crippen LogP) is 15.2. The molecule has 0 aromatic heterocycles. The normalized spacial score (nSPS) is 15.6. The summed E-state index contributed by atoms with van der Waals surface area (Å²) in [5.74, 6) is 0. The summed E-state index contributed by atoms with van der Waals surface area (Å²) in [6.45, 7) is 4.76. The number of benzene rings is 8. The summed E-state index contributed by atoms with van der Waals surface area (Å²) in [4.78, 5) is 2.48. The molecular formula is C55H45N. The maximum atomic E-state index is 2.54. The molecule has 1 spiro atoms. The minimum absolute atomic E-state index is 0.0723. The van der Waals surface area contributed by atoms with E-state index in [1.165, 1.54) is 115 Å². The van der Waals surface area contributed by atoms with Crippen molar-refractivity contribution in [3.8, 4) is 44.5 Å². The van der Waals surface area contributed by atoms with E-state index in [0.29, 0.717) is 0 Å². The van der Waals surface area contributed by atoms with Crippen molar-refractivity contribution >= 4 is 27.8 Å². The van der Waals surface area contributed by atoms with Crippen molar-refractivity contribution in [3.05, 3.63) is 198 Å². The lowest BCUT2D eigenvalue weighted by Gasteiger charge is -2.36. The summed E-state index contributed by atoms with van der Waals surface area (Å²) in [5, 5.41) is 2.54. The van der Waals surface area contributed by atoms with E-state index in [0.717, 1.165) is 11.4 Å². The molecule has 0 radical (unpaired) electrons. The summed E-state index contributed by atoms with van der Waals surface area (Å²) >= 11 is 0. The van der Waals surface area contributed by atoms with Crippen LogP contribution < -0.4 is 4.90 Å². The van der Waals surface area contributed by atoms with Crippen molar-refractivity contribution in [1.82, 2.24) is 0 Å². The second-order valence-corrected chi connectivity index (χ2v) is 16.8. The first-order valence-electron chi connectivity index (χ1n) is 20.5. The van der Waals surface area contributed by atoms with Gasteiger partial charge in [-0.1, -0.05) is 167 Å². The number of anilines is 3. The molecule has 270 valence electrons. The van der Waals surface area contributed by atoms with Gasteiger partial charge in [-0.2, -0.15) is 0 Å². The van der Waals surface area contributed by atoms with Gasteiger partial charge in [0.05, 0.1) is 0 Å². The fourth-order valence-electron chi connectivity index (χ4n) is 10.8. The molecule has 3 aliphatic carbocycles. The highest BCUT2D eigenvalue weighted by molar-refractivity contribution is 5.91. The Morgan fingerprint density at radius 1 is 0.375 bits per heavy atom. The molecule has 1 heteroatoms. The van der Waals surface area contributed by atoms with E-state index in [2.05, 4.69) is 195 Å². The van der Waals surface area contributed by atoms with Gasteiger partial charge in [-0.3, -0.25) is 0 Å². The van der Waals surface area contributed by atoms with Gasteiger partial charge in [-0.15, -0.1) is 0 Å².